The topological polar surface area (TPSA) is 89.5 Å². The van der Waals surface area contributed by atoms with E-state index in [1.807, 2.05) is 0 Å². The van der Waals surface area contributed by atoms with E-state index in [2.05, 4.69) is 15.2 Å². The third-order valence-corrected chi connectivity index (χ3v) is 6.07. The lowest BCUT2D eigenvalue weighted by Crippen LogP contribution is -2.39. The standard InChI is InChI=1S/C24H25F2N5O3/c1-14(32)19-3-4-20-22(28-19)30-23(27-16-8-11-33-13-16)24(29-20)31-9-6-17(7-10-31)34-21-5-2-15(25)12-18(21)26/h2-5,12,16-17H,6-11,13H2,1H3,(H,27,28,30)/t16-/m1/s1. The molecule has 1 atom stereocenters. The number of nitrogens with one attached hydrogen (secondary N) is 1. The molecule has 8 nitrogen and oxygen atoms in total. The van der Waals surface area contributed by atoms with Crippen molar-refractivity contribution in [1.82, 2.24) is 15.0 Å². The lowest BCUT2D eigenvalue weighted by atomic mass is 10.1. The summed E-state index contributed by atoms with van der Waals surface area (Å²) in [5.74, 6) is -0.117. The van der Waals surface area contributed by atoms with Gasteiger partial charge in [-0.15, -0.1) is 0 Å². The maximum Gasteiger partial charge on any atom is 0.181 e. The van der Waals surface area contributed by atoms with Crippen molar-refractivity contribution in [3.05, 3.63) is 47.7 Å². The zero-order valence-electron chi connectivity index (χ0n) is 18.8. The Balaban J connectivity index is 1.37. The molecular weight excluding hydrogens is 444 g/mol. The summed E-state index contributed by atoms with van der Waals surface area (Å²) in [5.41, 5.74) is 1.35. The molecule has 2 aliphatic rings. The summed E-state index contributed by atoms with van der Waals surface area (Å²) >= 11 is 0. The second-order valence-electron chi connectivity index (χ2n) is 8.58. The Morgan fingerprint density at radius 3 is 2.65 bits per heavy atom. The molecule has 2 aromatic heterocycles. The second kappa shape index (κ2) is 9.46. The van der Waals surface area contributed by atoms with Crippen molar-refractivity contribution in [2.75, 3.05) is 36.5 Å². The van der Waals surface area contributed by atoms with E-state index in [0.29, 0.717) is 67.6 Å². The highest BCUT2D eigenvalue weighted by atomic mass is 19.1. The molecule has 2 aliphatic heterocycles. The molecule has 10 heteroatoms. The van der Waals surface area contributed by atoms with Crippen molar-refractivity contribution in [3.8, 4) is 5.75 Å². The van der Waals surface area contributed by atoms with Gasteiger partial charge in [-0.25, -0.2) is 23.7 Å². The molecule has 0 saturated carbocycles. The monoisotopic (exact) mass is 469 g/mol. The second-order valence-corrected chi connectivity index (χ2v) is 8.58. The first kappa shape index (κ1) is 22.4. The van der Waals surface area contributed by atoms with E-state index in [1.165, 1.54) is 19.1 Å². The number of halogens is 2. The Labute approximate surface area is 195 Å². The minimum Gasteiger partial charge on any atom is -0.487 e. The number of nitrogens with zero attached hydrogens (tertiary/aromatic N) is 4. The van der Waals surface area contributed by atoms with Crippen LogP contribution in [0.1, 0.15) is 36.7 Å². The van der Waals surface area contributed by atoms with Crippen LogP contribution in [0.3, 0.4) is 0 Å². The number of carbonyl (C=O) groups is 1. The van der Waals surface area contributed by atoms with Crippen molar-refractivity contribution < 1.29 is 23.0 Å². The Morgan fingerprint density at radius 1 is 1.12 bits per heavy atom. The lowest BCUT2D eigenvalue weighted by molar-refractivity contribution is 0.101. The van der Waals surface area contributed by atoms with Crippen LogP contribution in [-0.2, 0) is 4.74 Å². The van der Waals surface area contributed by atoms with E-state index in [0.717, 1.165) is 12.5 Å². The minimum atomic E-state index is -0.703. The van der Waals surface area contributed by atoms with Gasteiger partial charge in [0.1, 0.15) is 23.1 Å². The number of rotatable bonds is 6. The molecule has 5 rings (SSSR count). The van der Waals surface area contributed by atoms with Crippen LogP contribution in [-0.4, -0.2) is 59.2 Å². The lowest BCUT2D eigenvalue weighted by Gasteiger charge is -2.34. The third kappa shape index (κ3) is 4.77. The van der Waals surface area contributed by atoms with Gasteiger partial charge in [0.25, 0.3) is 0 Å². The van der Waals surface area contributed by atoms with E-state index >= 15 is 0 Å². The number of benzene rings is 1. The number of aromatic nitrogens is 3. The molecule has 3 aromatic rings. The number of Topliss-reactive ketones (excluding diaryl/α,β-unsaturated/α-hetero) is 1. The normalized spacial score (nSPS) is 18.9. The number of fused-ring (bicyclic) bond motifs is 1. The van der Waals surface area contributed by atoms with Crippen molar-refractivity contribution in [2.45, 2.75) is 38.3 Å². The van der Waals surface area contributed by atoms with E-state index in [9.17, 15) is 13.6 Å². The minimum absolute atomic E-state index is 0.0567. The summed E-state index contributed by atoms with van der Waals surface area (Å²) in [6, 6.07) is 6.85. The van der Waals surface area contributed by atoms with Gasteiger partial charge >= 0.3 is 0 Å². The van der Waals surface area contributed by atoms with E-state index in [1.54, 1.807) is 12.1 Å². The van der Waals surface area contributed by atoms with Crippen LogP contribution < -0.4 is 15.0 Å². The van der Waals surface area contributed by atoms with Crippen LogP contribution in [0.15, 0.2) is 30.3 Å². The van der Waals surface area contributed by atoms with Crippen LogP contribution in [0.5, 0.6) is 5.75 Å². The number of anilines is 2. The number of ether oxygens (including phenoxy) is 2. The highest BCUT2D eigenvalue weighted by Crippen LogP contribution is 2.30. The van der Waals surface area contributed by atoms with Gasteiger partial charge in [-0.3, -0.25) is 4.79 Å². The van der Waals surface area contributed by atoms with Crippen LogP contribution in [0.2, 0.25) is 0 Å². The van der Waals surface area contributed by atoms with Crippen molar-refractivity contribution >= 4 is 28.6 Å². The quantitative estimate of drug-likeness (QED) is 0.546. The fraction of sp³-hybridized carbons (Fsp3) is 0.417. The molecule has 1 N–H and O–H groups in total. The largest absolute Gasteiger partial charge is 0.487 e. The maximum atomic E-state index is 14.0. The molecule has 2 fully saturated rings. The number of piperidine rings is 1. The van der Waals surface area contributed by atoms with Gasteiger partial charge in [0.2, 0.25) is 0 Å². The van der Waals surface area contributed by atoms with Crippen molar-refractivity contribution in [2.24, 2.45) is 0 Å². The summed E-state index contributed by atoms with van der Waals surface area (Å²) in [4.78, 5) is 27.8. The van der Waals surface area contributed by atoms with Crippen LogP contribution in [0.25, 0.3) is 11.2 Å². The molecule has 0 aliphatic carbocycles. The number of ketones is 1. The number of hydrogen-bond acceptors (Lipinski definition) is 8. The average molecular weight is 469 g/mol. The first-order valence-electron chi connectivity index (χ1n) is 11.4. The van der Waals surface area contributed by atoms with E-state index < -0.39 is 11.6 Å². The molecule has 1 aromatic carbocycles. The number of pyridine rings is 1. The Morgan fingerprint density at radius 2 is 1.94 bits per heavy atom. The number of hydrogen-bond donors (Lipinski definition) is 1. The highest BCUT2D eigenvalue weighted by molar-refractivity contribution is 5.94. The smallest absolute Gasteiger partial charge is 0.181 e. The van der Waals surface area contributed by atoms with E-state index in [4.69, 9.17) is 19.4 Å². The molecule has 0 radical (unpaired) electrons. The Kier molecular flexibility index (Phi) is 6.23. The molecule has 2 saturated heterocycles. The van der Waals surface area contributed by atoms with Gasteiger partial charge < -0.3 is 19.7 Å². The zero-order chi connectivity index (χ0) is 23.7. The molecular formula is C24H25F2N5O3. The molecule has 0 spiro atoms. The Hall–Kier alpha value is -3.40. The molecule has 34 heavy (non-hydrogen) atoms. The van der Waals surface area contributed by atoms with Gasteiger partial charge in [0.05, 0.1) is 12.6 Å². The van der Waals surface area contributed by atoms with Gasteiger partial charge in [-0.2, -0.15) is 0 Å². The molecule has 0 unspecified atom stereocenters. The summed E-state index contributed by atoms with van der Waals surface area (Å²) in [5, 5.41) is 3.43. The number of carbonyl (C=O) groups excluding carboxylic acids is 1. The van der Waals surface area contributed by atoms with Gasteiger partial charge in [-0.05, 0) is 30.7 Å². The zero-order valence-corrected chi connectivity index (χ0v) is 18.8. The van der Waals surface area contributed by atoms with Crippen molar-refractivity contribution in [3.63, 3.8) is 0 Å². The molecule has 178 valence electrons. The summed E-state index contributed by atoms with van der Waals surface area (Å²) in [6.45, 7) is 3.99. The SMILES string of the molecule is CC(=O)c1ccc2nc(N3CCC(Oc4ccc(F)cc4F)CC3)c(N[C@@H]3CCOC3)nc2n1. The summed E-state index contributed by atoms with van der Waals surface area (Å²) < 4.78 is 38.4. The first-order chi connectivity index (χ1) is 16.5. The van der Waals surface area contributed by atoms with Gasteiger partial charge in [0, 0.05) is 45.5 Å². The van der Waals surface area contributed by atoms with Gasteiger partial charge in [-0.1, -0.05) is 0 Å². The predicted octanol–water partition coefficient (Wildman–Crippen LogP) is 3.75. The maximum absolute atomic E-state index is 14.0. The van der Waals surface area contributed by atoms with Crippen LogP contribution >= 0.6 is 0 Å². The third-order valence-electron chi connectivity index (χ3n) is 6.07. The first-order valence-corrected chi connectivity index (χ1v) is 11.4. The summed E-state index contributed by atoms with van der Waals surface area (Å²) in [7, 11) is 0. The fourth-order valence-corrected chi connectivity index (χ4v) is 4.22. The predicted molar refractivity (Wildman–Crippen MR) is 122 cm³/mol. The Bertz CT molecular complexity index is 1210. The average Bonchev–Trinajstić information content (AvgIpc) is 3.34. The highest BCUT2D eigenvalue weighted by Gasteiger charge is 2.27. The molecule has 0 amide bonds. The molecule has 4 heterocycles. The van der Waals surface area contributed by atoms with Crippen molar-refractivity contribution in [1.29, 1.82) is 0 Å². The fourth-order valence-electron chi connectivity index (χ4n) is 4.22. The summed E-state index contributed by atoms with van der Waals surface area (Å²) in [6.07, 6.45) is 1.96. The van der Waals surface area contributed by atoms with Crippen LogP contribution in [0.4, 0.5) is 20.4 Å². The van der Waals surface area contributed by atoms with Crippen LogP contribution in [0, 0.1) is 11.6 Å². The van der Waals surface area contributed by atoms with Gasteiger partial charge in [0.15, 0.2) is 34.6 Å². The molecule has 0 bridgehead atoms. The van der Waals surface area contributed by atoms with E-state index in [-0.39, 0.29) is 23.7 Å².